The Morgan fingerprint density at radius 3 is 2.63 bits per heavy atom. The third-order valence-corrected chi connectivity index (χ3v) is 4.98. The molecule has 1 N–H and O–H groups in total. The molecule has 0 radical (unpaired) electrons. The summed E-state index contributed by atoms with van der Waals surface area (Å²) in [6.45, 7) is 4.57. The fraction of sp³-hybridized carbons (Fsp3) is 0.217. The molecule has 4 aromatic rings. The Labute approximate surface area is 158 Å². The van der Waals surface area contributed by atoms with Gasteiger partial charge in [-0.2, -0.15) is 0 Å². The van der Waals surface area contributed by atoms with E-state index in [-0.39, 0.29) is 11.9 Å². The number of imidazole rings is 1. The van der Waals surface area contributed by atoms with E-state index in [9.17, 15) is 4.79 Å². The topological polar surface area (TPSA) is 46.9 Å². The molecule has 0 aliphatic rings. The Morgan fingerprint density at radius 2 is 1.78 bits per heavy atom. The highest BCUT2D eigenvalue weighted by atomic mass is 16.1. The number of carbonyl (C=O) groups excluding carboxylic acids is 1. The molecule has 0 aliphatic carbocycles. The van der Waals surface area contributed by atoms with Crippen LogP contribution in [0.2, 0.25) is 0 Å². The Morgan fingerprint density at radius 1 is 1.04 bits per heavy atom. The van der Waals surface area contributed by atoms with Crippen LogP contribution in [-0.2, 0) is 11.3 Å². The Bertz CT molecular complexity index is 1110. The van der Waals surface area contributed by atoms with Crippen molar-refractivity contribution in [3.8, 4) is 0 Å². The van der Waals surface area contributed by atoms with Crippen LogP contribution in [0, 0.1) is 0 Å². The number of benzene rings is 3. The highest BCUT2D eigenvalue weighted by molar-refractivity contribution is 5.86. The van der Waals surface area contributed by atoms with Gasteiger partial charge in [-0.05, 0) is 35.4 Å². The van der Waals surface area contributed by atoms with Gasteiger partial charge in [0.05, 0.1) is 23.6 Å². The zero-order valence-electron chi connectivity index (χ0n) is 15.6. The molecule has 27 heavy (non-hydrogen) atoms. The largest absolute Gasteiger partial charge is 0.346 e. The van der Waals surface area contributed by atoms with Gasteiger partial charge in [0.2, 0.25) is 5.91 Å². The van der Waals surface area contributed by atoms with E-state index in [0.717, 1.165) is 16.9 Å². The zero-order chi connectivity index (χ0) is 18.8. The molecule has 1 amide bonds. The minimum atomic E-state index is -0.153. The van der Waals surface area contributed by atoms with Crippen molar-refractivity contribution < 1.29 is 4.79 Å². The molecular weight excluding hydrogens is 334 g/mol. The van der Waals surface area contributed by atoms with Gasteiger partial charge in [-0.3, -0.25) is 4.79 Å². The normalized spacial score (nSPS) is 12.4. The van der Waals surface area contributed by atoms with Crippen LogP contribution in [0.5, 0.6) is 0 Å². The Kier molecular flexibility index (Phi) is 4.63. The number of nitrogens with zero attached hydrogens (tertiary/aromatic N) is 2. The number of carbonyl (C=O) groups is 1. The van der Waals surface area contributed by atoms with Crippen LogP contribution in [0.4, 0.5) is 0 Å². The zero-order valence-corrected chi connectivity index (χ0v) is 15.6. The molecule has 4 nitrogen and oxygen atoms in total. The third-order valence-electron chi connectivity index (χ3n) is 4.98. The number of rotatable bonds is 5. The third kappa shape index (κ3) is 3.31. The predicted octanol–water partition coefficient (Wildman–Crippen LogP) is 4.83. The number of para-hydroxylation sites is 2. The smallest absolute Gasteiger partial charge is 0.220 e. The molecule has 0 saturated carbocycles. The van der Waals surface area contributed by atoms with Crippen molar-refractivity contribution in [2.45, 2.75) is 32.9 Å². The summed E-state index contributed by atoms with van der Waals surface area (Å²) in [5, 5.41) is 5.52. The van der Waals surface area contributed by atoms with Gasteiger partial charge in [0.15, 0.2) is 0 Å². The maximum Gasteiger partial charge on any atom is 0.220 e. The summed E-state index contributed by atoms with van der Waals surface area (Å²) >= 11 is 0. The monoisotopic (exact) mass is 357 g/mol. The molecule has 1 atom stereocenters. The molecule has 1 aromatic heterocycles. The standard InChI is InChI=1S/C23H23N3O/c1-3-22(27)24-16(2)23-25-20-13-6-7-14-21(20)26(23)15-18-11-8-10-17-9-4-5-12-19(17)18/h4-14,16H,3,15H2,1-2H3,(H,24,27). The van der Waals surface area contributed by atoms with Crippen LogP contribution in [0.3, 0.4) is 0 Å². The lowest BCUT2D eigenvalue weighted by atomic mass is 10.0. The molecule has 0 saturated heterocycles. The van der Waals surface area contributed by atoms with Gasteiger partial charge in [0.1, 0.15) is 5.82 Å². The van der Waals surface area contributed by atoms with E-state index in [0.29, 0.717) is 13.0 Å². The maximum atomic E-state index is 11.9. The number of aromatic nitrogens is 2. The van der Waals surface area contributed by atoms with E-state index < -0.39 is 0 Å². The Balaban J connectivity index is 1.82. The molecule has 136 valence electrons. The highest BCUT2D eigenvalue weighted by Crippen LogP contribution is 2.25. The summed E-state index contributed by atoms with van der Waals surface area (Å²) in [6, 6.07) is 22.8. The van der Waals surface area contributed by atoms with Crippen molar-refractivity contribution in [3.05, 3.63) is 78.1 Å². The SMILES string of the molecule is CCC(=O)NC(C)c1nc2ccccc2n1Cc1cccc2ccccc12. The second-order valence-corrected chi connectivity index (χ2v) is 6.83. The fourth-order valence-corrected chi connectivity index (χ4v) is 3.60. The predicted molar refractivity (Wildman–Crippen MR) is 110 cm³/mol. The molecule has 3 aromatic carbocycles. The van der Waals surface area contributed by atoms with Crippen LogP contribution in [0.1, 0.15) is 37.7 Å². The molecule has 0 fully saturated rings. The molecule has 0 bridgehead atoms. The number of hydrogen-bond acceptors (Lipinski definition) is 2. The van der Waals surface area contributed by atoms with Crippen molar-refractivity contribution in [1.29, 1.82) is 0 Å². The average molecular weight is 357 g/mol. The van der Waals surface area contributed by atoms with Crippen LogP contribution in [-0.4, -0.2) is 15.5 Å². The first-order valence-electron chi connectivity index (χ1n) is 9.38. The first-order valence-corrected chi connectivity index (χ1v) is 9.38. The Hall–Kier alpha value is -3.14. The van der Waals surface area contributed by atoms with Gasteiger partial charge in [-0.15, -0.1) is 0 Å². The summed E-state index contributed by atoms with van der Waals surface area (Å²) < 4.78 is 2.22. The van der Waals surface area contributed by atoms with E-state index in [1.54, 1.807) is 0 Å². The number of fused-ring (bicyclic) bond motifs is 2. The highest BCUT2D eigenvalue weighted by Gasteiger charge is 2.18. The van der Waals surface area contributed by atoms with Gasteiger partial charge in [-0.1, -0.05) is 61.5 Å². The lowest BCUT2D eigenvalue weighted by Gasteiger charge is -2.17. The van der Waals surface area contributed by atoms with E-state index in [2.05, 4.69) is 58.4 Å². The molecular formula is C23H23N3O. The van der Waals surface area contributed by atoms with E-state index in [1.807, 2.05) is 32.0 Å². The summed E-state index contributed by atoms with van der Waals surface area (Å²) in [5.74, 6) is 0.914. The molecule has 0 spiro atoms. The second-order valence-electron chi connectivity index (χ2n) is 6.83. The molecule has 0 aliphatic heterocycles. The first-order chi connectivity index (χ1) is 13.2. The number of hydrogen-bond donors (Lipinski definition) is 1. The minimum absolute atomic E-state index is 0.0336. The molecule has 4 rings (SSSR count). The van der Waals surface area contributed by atoms with Crippen LogP contribution >= 0.6 is 0 Å². The van der Waals surface area contributed by atoms with Crippen molar-refractivity contribution in [1.82, 2.24) is 14.9 Å². The van der Waals surface area contributed by atoms with Crippen LogP contribution in [0.25, 0.3) is 21.8 Å². The summed E-state index contributed by atoms with van der Waals surface area (Å²) in [4.78, 5) is 16.7. The first kappa shape index (κ1) is 17.3. The minimum Gasteiger partial charge on any atom is -0.346 e. The van der Waals surface area contributed by atoms with Crippen molar-refractivity contribution in [2.75, 3.05) is 0 Å². The van der Waals surface area contributed by atoms with Crippen molar-refractivity contribution >= 4 is 27.7 Å². The van der Waals surface area contributed by atoms with Crippen LogP contribution in [0.15, 0.2) is 66.7 Å². The van der Waals surface area contributed by atoms with Crippen molar-refractivity contribution in [3.63, 3.8) is 0 Å². The van der Waals surface area contributed by atoms with E-state index in [4.69, 9.17) is 4.98 Å². The molecule has 1 heterocycles. The van der Waals surface area contributed by atoms with Gasteiger partial charge in [-0.25, -0.2) is 4.98 Å². The second kappa shape index (κ2) is 7.23. The lowest BCUT2D eigenvalue weighted by Crippen LogP contribution is -2.28. The van der Waals surface area contributed by atoms with Crippen molar-refractivity contribution in [2.24, 2.45) is 0 Å². The number of amides is 1. The van der Waals surface area contributed by atoms with Gasteiger partial charge < -0.3 is 9.88 Å². The lowest BCUT2D eigenvalue weighted by molar-refractivity contribution is -0.121. The summed E-state index contributed by atoms with van der Waals surface area (Å²) in [7, 11) is 0. The number of nitrogens with one attached hydrogen (secondary N) is 1. The fourth-order valence-electron chi connectivity index (χ4n) is 3.60. The van der Waals surface area contributed by atoms with E-state index in [1.165, 1.54) is 16.3 Å². The van der Waals surface area contributed by atoms with Crippen LogP contribution < -0.4 is 5.32 Å². The molecule has 1 unspecified atom stereocenters. The average Bonchev–Trinajstić information content (AvgIpc) is 3.07. The van der Waals surface area contributed by atoms with Gasteiger partial charge in [0, 0.05) is 6.42 Å². The summed E-state index contributed by atoms with van der Waals surface area (Å²) in [5.41, 5.74) is 3.27. The van der Waals surface area contributed by atoms with Gasteiger partial charge in [0.25, 0.3) is 0 Å². The molecule has 4 heteroatoms. The quantitative estimate of drug-likeness (QED) is 0.556. The van der Waals surface area contributed by atoms with E-state index >= 15 is 0 Å². The maximum absolute atomic E-state index is 11.9. The van der Waals surface area contributed by atoms with Gasteiger partial charge >= 0.3 is 0 Å². The summed E-state index contributed by atoms with van der Waals surface area (Å²) in [6.07, 6.45) is 0.466.